The maximum atomic E-state index is 2.47. The van der Waals surface area contributed by atoms with Gasteiger partial charge in [0.05, 0.1) is 0 Å². The number of halogens is 2. The van der Waals surface area contributed by atoms with Gasteiger partial charge < -0.3 is 0 Å². The molecule has 0 aromatic heterocycles. The summed E-state index contributed by atoms with van der Waals surface area (Å²) in [5.74, 6) is 1.58. The molecule has 0 rings (SSSR count). The van der Waals surface area contributed by atoms with E-state index in [1.807, 2.05) is 0 Å². The lowest BCUT2D eigenvalue weighted by Crippen LogP contribution is -2.08. The van der Waals surface area contributed by atoms with E-state index in [0.29, 0.717) is 15.8 Å². The predicted molar refractivity (Wildman–Crippen MR) is 99.9 cm³/mol. The zero-order valence-electron chi connectivity index (χ0n) is 12.4. The Morgan fingerprint density at radius 3 is 1.18 bits per heavy atom. The first-order chi connectivity index (χ1) is 7.10. The first kappa shape index (κ1) is 23.9. The molecular weight excluding hydrogens is 378 g/mol. The van der Waals surface area contributed by atoms with Crippen LogP contribution >= 0.6 is 49.8 Å². The van der Waals surface area contributed by atoms with Crippen molar-refractivity contribution in [1.29, 1.82) is 0 Å². The Kier molecular flexibility index (Phi) is 20.0. The normalized spacial score (nSPS) is 17.3. The lowest BCUT2D eigenvalue weighted by molar-refractivity contribution is 0.882. The second kappa shape index (κ2) is 14.2. The molecule has 0 N–H and O–H groups in total. The maximum absolute atomic E-state index is 2.47. The van der Waals surface area contributed by atoms with Gasteiger partial charge in [0, 0.05) is 0 Å². The van der Waals surface area contributed by atoms with Crippen LogP contribution in [0.2, 0.25) is 0 Å². The zero-order chi connectivity index (χ0) is 11.8. The Bertz CT molecular complexity index is 140. The topological polar surface area (TPSA) is 0 Å². The van der Waals surface area contributed by atoms with Crippen LogP contribution in [0.15, 0.2) is 0 Å². The summed E-state index contributed by atoms with van der Waals surface area (Å²) >= 11 is 0. The first-order valence-electron chi connectivity index (χ1n) is 6.58. The van der Waals surface area contributed by atoms with Gasteiger partial charge in [0.1, 0.15) is 0 Å². The Hall–Kier alpha value is 1.82. The van der Waals surface area contributed by atoms with Gasteiger partial charge in [0.25, 0.3) is 0 Å². The van der Waals surface area contributed by atoms with Gasteiger partial charge in [-0.2, -0.15) is 0 Å². The van der Waals surface area contributed by atoms with E-state index in [0.717, 1.165) is 11.3 Å². The summed E-state index contributed by atoms with van der Waals surface area (Å²) in [7, 11) is 0.651. The second-order valence-corrected chi connectivity index (χ2v) is 11.0. The molecule has 0 aromatic rings. The van der Waals surface area contributed by atoms with Crippen LogP contribution in [0.25, 0.3) is 0 Å². The molecule has 4 heteroatoms. The van der Waals surface area contributed by atoms with Crippen molar-refractivity contribution in [1.82, 2.24) is 0 Å². The van der Waals surface area contributed by atoms with E-state index in [1.165, 1.54) is 25.2 Å². The fraction of sp³-hybridized carbons (Fsp3) is 1.00. The molecule has 4 atom stereocenters. The molecule has 0 radical (unpaired) electrons. The van der Waals surface area contributed by atoms with E-state index in [4.69, 9.17) is 0 Å². The third-order valence-electron chi connectivity index (χ3n) is 3.60. The fourth-order valence-electron chi connectivity index (χ4n) is 1.85. The van der Waals surface area contributed by atoms with Gasteiger partial charge >= 0.3 is 0 Å². The smallest absolute Gasteiger partial charge is 0.0116 e. The van der Waals surface area contributed by atoms with Gasteiger partial charge in [-0.1, -0.05) is 57.4 Å². The summed E-state index contributed by atoms with van der Waals surface area (Å²) in [5.41, 5.74) is 1.98. The molecule has 0 aliphatic heterocycles. The molecule has 0 aromatic carbocycles. The average molecular weight is 410 g/mol. The van der Waals surface area contributed by atoms with Crippen molar-refractivity contribution in [3.05, 3.63) is 0 Å². The van der Waals surface area contributed by atoms with E-state index >= 15 is 0 Å². The summed E-state index contributed by atoms with van der Waals surface area (Å²) in [4.78, 5) is 0. The molecule has 0 amide bonds. The molecule has 108 valence electrons. The van der Waals surface area contributed by atoms with Gasteiger partial charge in [0.2, 0.25) is 0 Å². The Labute approximate surface area is 133 Å². The summed E-state index contributed by atoms with van der Waals surface area (Å²) in [5, 5.41) is 0. The molecular formula is C13H32Br2P2. The lowest BCUT2D eigenvalue weighted by atomic mass is 10.4. The van der Waals surface area contributed by atoms with Gasteiger partial charge in [-0.15, -0.1) is 34.0 Å². The largest absolute Gasteiger partial charge is 0.114 e. The highest BCUT2D eigenvalue weighted by atomic mass is 79.9. The third-order valence-corrected chi connectivity index (χ3v) is 11.4. The molecule has 0 saturated heterocycles. The molecule has 4 unspecified atom stereocenters. The van der Waals surface area contributed by atoms with Crippen LogP contribution in [-0.2, 0) is 0 Å². The SMILES string of the molecule is Br.Br.CCC(C)P(CC)CP(CC)C(C)CC. The van der Waals surface area contributed by atoms with Crippen molar-refractivity contribution >= 4 is 49.8 Å². The van der Waals surface area contributed by atoms with Crippen molar-refractivity contribution in [3.8, 4) is 0 Å². The quantitative estimate of drug-likeness (QED) is 0.391. The third kappa shape index (κ3) is 9.37. The monoisotopic (exact) mass is 408 g/mol. The zero-order valence-corrected chi connectivity index (χ0v) is 17.6. The van der Waals surface area contributed by atoms with Crippen LogP contribution in [0.5, 0.6) is 0 Å². The molecule has 0 nitrogen and oxygen atoms in total. The van der Waals surface area contributed by atoms with Crippen molar-refractivity contribution in [2.45, 2.75) is 65.7 Å². The minimum Gasteiger partial charge on any atom is -0.114 e. The van der Waals surface area contributed by atoms with Gasteiger partial charge in [-0.3, -0.25) is 0 Å². The summed E-state index contributed by atoms with van der Waals surface area (Å²) < 4.78 is 0. The van der Waals surface area contributed by atoms with E-state index in [-0.39, 0.29) is 34.0 Å². The number of rotatable bonds is 8. The first-order valence-corrected chi connectivity index (χ1v) is 10.1. The van der Waals surface area contributed by atoms with E-state index in [2.05, 4.69) is 41.5 Å². The minimum absolute atomic E-state index is 0. The van der Waals surface area contributed by atoms with Crippen LogP contribution < -0.4 is 0 Å². The van der Waals surface area contributed by atoms with Crippen molar-refractivity contribution < 1.29 is 0 Å². The number of hydrogen-bond donors (Lipinski definition) is 0. The van der Waals surface area contributed by atoms with Gasteiger partial charge in [0.15, 0.2) is 0 Å². The molecule has 0 heterocycles. The van der Waals surface area contributed by atoms with E-state index < -0.39 is 0 Å². The Balaban J connectivity index is -0.000000980. The Morgan fingerprint density at radius 2 is 1.00 bits per heavy atom. The van der Waals surface area contributed by atoms with Crippen molar-refractivity contribution in [3.63, 3.8) is 0 Å². The van der Waals surface area contributed by atoms with Gasteiger partial charge in [-0.05, 0) is 42.4 Å². The lowest BCUT2D eigenvalue weighted by Gasteiger charge is -2.30. The molecule has 0 aliphatic carbocycles. The highest BCUT2D eigenvalue weighted by molar-refractivity contribution is 8.93. The highest BCUT2D eigenvalue weighted by Crippen LogP contribution is 2.56. The van der Waals surface area contributed by atoms with E-state index in [1.54, 1.807) is 5.90 Å². The average Bonchev–Trinajstić information content (AvgIpc) is 2.28. The standard InChI is InChI=1S/C13H30P2.2BrH/c1-7-12(5)14(9-3)11-15(10-4)13(6)8-2;;/h12-13H,7-11H2,1-6H3;2*1H. The summed E-state index contributed by atoms with van der Waals surface area (Å²) in [6.07, 6.45) is 5.65. The van der Waals surface area contributed by atoms with Crippen LogP contribution in [0.3, 0.4) is 0 Å². The summed E-state index contributed by atoms with van der Waals surface area (Å²) in [6.45, 7) is 14.4. The predicted octanol–water partition coefficient (Wildman–Crippen LogP) is 6.70. The minimum atomic E-state index is 0. The highest BCUT2D eigenvalue weighted by Gasteiger charge is 2.20. The molecule has 17 heavy (non-hydrogen) atoms. The molecule has 0 fully saturated rings. The van der Waals surface area contributed by atoms with Crippen molar-refractivity contribution in [2.24, 2.45) is 0 Å². The summed E-state index contributed by atoms with van der Waals surface area (Å²) in [6, 6.07) is 0. The second-order valence-electron chi connectivity index (χ2n) is 4.47. The number of hydrogen-bond acceptors (Lipinski definition) is 0. The van der Waals surface area contributed by atoms with Crippen LogP contribution in [0.4, 0.5) is 0 Å². The molecule has 0 saturated carbocycles. The molecule has 0 aliphatic rings. The van der Waals surface area contributed by atoms with Crippen LogP contribution in [-0.4, -0.2) is 29.5 Å². The van der Waals surface area contributed by atoms with E-state index in [9.17, 15) is 0 Å². The molecule has 0 bridgehead atoms. The Morgan fingerprint density at radius 1 is 0.706 bits per heavy atom. The van der Waals surface area contributed by atoms with Crippen LogP contribution in [0.1, 0.15) is 54.4 Å². The maximum Gasteiger partial charge on any atom is -0.0116 e. The fourth-order valence-corrected chi connectivity index (χ4v) is 9.83. The van der Waals surface area contributed by atoms with Crippen LogP contribution in [0, 0.1) is 0 Å². The van der Waals surface area contributed by atoms with Gasteiger partial charge in [-0.25, -0.2) is 0 Å². The molecule has 0 spiro atoms. The van der Waals surface area contributed by atoms with Crippen molar-refractivity contribution in [2.75, 3.05) is 18.2 Å².